The zero-order valence-corrected chi connectivity index (χ0v) is 22.8. The summed E-state index contributed by atoms with van der Waals surface area (Å²) in [4.78, 5) is 42.6. The molecule has 10 nitrogen and oxygen atoms in total. The second-order valence-corrected chi connectivity index (χ2v) is 11.4. The zero-order chi connectivity index (χ0) is 29.1. The van der Waals surface area contributed by atoms with Gasteiger partial charge < -0.3 is 31.1 Å². The number of phenols is 1. The Morgan fingerprint density at radius 2 is 1.85 bits per heavy atom. The van der Waals surface area contributed by atoms with E-state index in [1.165, 1.54) is 4.90 Å². The maximum absolute atomic E-state index is 14.0. The number of primary amides is 1. The first-order valence-electron chi connectivity index (χ1n) is 12.9. The van der Waals surface area contributed by atoms with E-state index in [1.807, 2.05) is 4.90 Å². The summed E-state index contributed by atoms with van der Waals surface area (Å²) in [5.74, 6) is -7.04. The van der Waals surface area contributed by atoms with Gasteiger partial charge in [-0.25, -0.2) is 0 Å². The number of carbonyl (C=O) groups is 3. The monoisotopic (exact) mass is 545 g/mol. The molecule has 0 radical (unpaired) electrons. The number of halogens is 1. The fourth-order valence-corrected chi connectivity index (χ4v) is 6.41. The van der Waals surface area contributed by atoms with E-state index >= 15 is 0 Å². The maximum atomic E-state index is 14.0. The lowest BCUT2D eigenvalue weighted by molar-refractivity contribution is -0.153. The van der Waals surface area contributed by atoms with Crippen molar-refractivity contribution in [1.29, 1.82) is 0 Å². The van der Waals surface area contributed by atoms with Gasteiger partial charge in [-0.3, -0.25) is 23.7 Å². The maximum Gasteiger partial charge on any atom is 0.255 e. The molecule has 0 spiro atoms. The summed E-state index contributed by atoms with van der Waals surface area (Å²) in [6.45, 7) is 1.23. The Kier molecular flexibility index (Phi) is 7.28. The number of rotatable bonds is 7. The van der Waals surface area contributed by atoms with Crippen LogP contribution in [0.1, 0.15) is 36.5 Å². The van der Waals surface area contributed by atoms with Gasteiger partial charge in [0, 0.05) is 31.3 Å². The number of aliphatic hydroxyl groups is 3. The van der Waals surface area contributed by atoms with Gasteiger partial charge >= 0.3 is 0 Å². The molecule has 11 heteroatoms. The van der Waals surface area contributed by atoms with Crippen LogP contribution in [0.3, 0.4) is 0 Å². The van der Waals surface area contributed by atoms with Gasteiger partial charge in [-0.15, -0.1) is 0 Å². The first kappa shape index (κ1) is 28.6. The highest BCUT2D eigenvalue weighted by molar-refractivity contribution is 6.24. The first-order chi connectivity index (χ1) is 18.2. The van der Waals surface area contributed by atoms with Crippen LogP contribution < -0.4 is 10.6 Å². The van der Waals surface area contributed by atoms with Crippen molar-refractivity contribution < 1.29 is 39.2 Å². The molecule has 1 unspecified atom stereocenters. The largest absolute Gasteiger partial charge is 0.508 e. The average molecular weight is 546 g/mol. The molecule has 1 aromatic rings. The molecule has 212 valence electrons. The van der Waals surface area contributed by atoms with E-state index in [0.717, 1.165) is 0 Å². The van der Waals surface area contributed by atoms with E-state index in [2.05, 4.69) is 0 Å². The number of alkyl halides is 1. The molecule has 1 amide bonds. The van der Waals surface area contributed by atoms with Crippen LogP contribution in [0, 0.1) is 17.8 Å². The molecule has 0 saturated heterocycles. The number of amides is 1. The molecule has 0 bridgehead atoms. The van der Waals surface area contributed by atoms with Crippen molar-refractivity contribution in [2.75, 3.05) is 39.8 Å². The number of carbonyl (C=O) groups excluding carboxylic acids is 3. The number of hydrogen-bond acceptors (Lipinski definition) is 9. The molecule has 3 aliphatic carbocycles. The Labute approximate surface area is 226 Å². The van der Waals surface area contributed by atoms with Gasteiger partial charge in [-0.1, -0.05) is 6.92 Å². The van der Waals surface area contributed by atoms with Crippen molar-refractivity contribution in [3.05, 3.63) is 39.7 Å². The summed E-state index contributed by atoms with van der Waals surface area (Å²) in [6.07, 6.45) is 1.01. The summed E-state index contributed by atoms with van der Waals surface area (Å²) < 4.78 is 13.1. The van der Waals surface area contributed by atoms with Gasteiger partial charge in [0.25, 0.3) is 5.91 Å². The zero-order valence-electron chi connectivity index (χ0n) is 22.8. The van der Waals surface area contributed by atoms with Crippen LogP contribution in [0.15, 0.2) is 23.0 Å². The van der Waals surface area contributed by atoms with Crippen LogP contribution in [0.4, 0.5) is 10.1 Å². The number of nitrogens with two attached hydrogens (primary N) is 1. The van der Waals surface area contributed by atoms with Crippen molar-refractivity contribution in [3.63, 3.8) is 0 Å². The second-order valence-electron chi connectivity index (χ2n) is 11.4. The molecule has 1 saturated carbocycles. The SMILES string of the molecule is CC(CF)CCc1cc(N(C)C)c2c(c1O)C(O)=C1C(=O)[C@]3(O)C(O)=C(C(N)=O)C(=O)[C@@H](N(C)C)[C@@H]3C[C@@H]1C2. The lowest BCUT2D eigenvalue weighted by Crippen LogP contribution is -2.65. The Morgan fingerprint density at radius 1 is 1.21 bits per heavy atom. The Bertz CT molecular complexity index is 1320. The van der Waals surface area contributed by atoms with Gasteiger partial charge in [-0.2, -0.15) is 0 Å². The van der Waals surface area contributed by atoms with Gasteiger partial charge in [0.1, 0.15) is 22.8 Å². The number of aromatic hydroxyl groups is 1. The van der Waals surface area contributed by atoms with Crippen LogP contribution in [-0.4, -0.2) is 89.3 Å². The predicted molar refractivity (Wildman–Crippen MR) is 142 cm³/mol. The van der Waals surface area contributed by atoms with E-state index in [1.54, 1.807) is 41.2 Å². The Morgan fingerprint density at radius 3 is 2.38 bits per heavy atom. The lowest BCUT2D eigenvalue weighted by Gasteiger charge is -2.50. The number of hydrogen-bond donors (Lipinski definition) is 5. The van der Waals surface area contributed by atoms with Crippen LogP contribution in [0.25, 0.3) is 5.76 Å². The molecule has 1 fully saturated rings. The Balaban J connectivity index is 1.94. The number of benzene rings is 1. The molecule has 0 aromatic heterocycles. The molecule has 1 aromatic carbocycles. The number of Topliss-reactive ketones (excluding diaryl/α,β-unsaturated/α-hetero) is 2. The summed E-state index contributed by atoms with van der Waals surface area (Å²) in [6, 6.07) is 0.655. The fraction of sp³-hybridized carbons (Fsp3) is 0.536. The molecule has 0 aliphatic heterocycles. The third kappa shape index (κ3) is 4.19. The standard InChI is InChI=1S/C28H36FN3O7/c1-12(11-29)6-7-13-10-17(31(2)3)15-8-14-9-16-21(32(4)5)24(35)20(27(30)38)26(37)28(16,39)25(36)18(14)23(34)19(15)22(13)33/h10,12,14,16,21,33-34,37,39H,6-9,11H2,1-5H3,(H2,30,38)/t12?,14-,16-,21-,28-/m0/s1. The number of nitrogens with zero attached hydrogens (tertiary/aromatic N) is 2. The lowest BCUT2D eigenvalue weighted by atomic mass is 9.57. The Hall–Kier alpha value is -3.44. The topological polar surface area (TPSA) is 165 Å². The van der Waals surface area contributed by atoms with Gasteiger partial charge in [-0.05, 0) is 68.8 Å². The molecule has 0 heterocycles. The summed E-state index contributed by atoms with van der Waals surface area (Å²) in [5.41, 5.74) is 3.43. The van der Waals surface area contributed by atoms with Crippen molar-refractivity contribution in [1.82, 2.24) is 4.90 Å². The molecular weight excluding hydrogens is 509 g/mol. The fourth-order valence-electron chi connectivity index (χ4n) is 6.41. The van der Waals surface area contributed by atoms with Gasteiger partial charge in [0.2, 0.25) is 5.78 Å². The molecule has 39 heavy (non-hydrogen) atoms. The number of aliphatic hydroxyl groups excluding tert-OH is 2. The van der Waals surface area contributed by atoms with Crippen LogP contribution in [0.2, 0.25) is 0 Å². The normalized spacial score (nSPS) is 27.3. The average Bonchev–Trinajstić information content (AvgIpc) is 2.84. The molecular formula is C28H36FN3O7. The predicted octanol–water partition coefficient (Wildman–Crippen LogP) is 1.57. The molecule has 3 aliphatic rings. The third-order valence-electron chi connectivity index (χ3n) is 8.43. The highest BCUT2D eigenvalue weighted by atomic mass is 19.1. The van der Waals surface area contributed by atoms with Crippen LogP contribution in [0.5, 0.6) is 5.75 Å². The molecule has 4 rings (SSSR count). The quantitative estimate of drug-likeness (QED) is 0.320. The highest BCUT2D eigenvalue weighted by Gasteiger charge is 2.64. The number of aryl methyl sites for hydroxylation is 1. The van der Waals surface area contributed by atoms with Gasteiger partial charge in [0.15, 0.2) is 11.4 Å². The third-order valence-corrected chi connectivity index (χ3v) is 8.43. The van der Waals surface area contributed by atoms with Gasteiger partial charge in [0.05, 0.1) is 18.3 Å². The van der Waals surface area contributed by atoms with Crippen molar-refractivity contribution in [3.8, 4) is 5.75 Å². The highest BCUT2D eigenvalue weighted by Crippen LogP contribution is 2.54. The summed E-state index contributed by atoms with van der Waals surface area (Å²) >= 11 is 0. The van der Waals surface area contributed by atoms with Crippen LogP contribution in [-0.2, 0) is 27.2 Å². The number of anilines is 1. The number of likely N-dealkylation sites (N-methyl/N-ethyl adjacent to an activating group) is 1. The van der Waals surface area contributed by atoms with E-state index < -0.39 is 64.7 Å². The van der Waals surface area contributed by atoms with Crippen molar-refractivity contribution >= 4 is 28.9 Å². The number of phenolic OH excluding ortho intramolecular Hbond substituents is 1. The van der Waals surface area contributed by atoms with E-state index in [-0.39, 0.29) is 35.6 Å². The minimum atomic E-state index is -2.68. The minimum absolute atomic E-state index is 0.0230. The first-order valence-corrected chi connectivity index (χ1v) is 12.9. The van der Waals surface area contributed by atoms with E-state index in [0.29, 0.717) is 29.7 Å². The van der Waals surface area contributed by atoms with E-state index in [9.17, 15) is 39.2 Å². The molecule has 5 atom stereocenters. The minimum Gasteiger partial charge on any atom is -0.508 e. The second kappa shape index (κ2) is 9.95. The summed E-state index contributed by atoms with van der Waals surface area (Å²) in [7, 11) is 6.72. The number of fused-ring (bicyclic) bond motifs is 3. The van der Waals surface area contributed by atoms with E-state index in [4.69, 9.17) is 5.73 Å². The molecule has 6 N–H and O–H groups in total. The van der Waals surface area contributed by atoms with Crippen LogP contribution >= 0.6 is 0 Å². The smallest absolute Gasteiger partial charge is 0.255 e. The summed E-state index contributed by atoms with van der Waals surface area (Å²) in [5, 5.41) is 45.4. The van der Waals surface area contributed by atoms with Crippen molar-refractivity contribution in [2.24, 2.45) is 23.5 Å². The van der Waals surface area contributed by atoms with Crippen molar-refractivity contribution in [2.45, 2.75) is 44.2 Å². The number of ketones is 2.